The number of anilines is 1. The molecule has 0 fully saturated rings. The fourth-order valence-electron chi connectivity index (χ4n) is 2.30. The highest BCUT2D eigenvalue weighted by Crippen LogP contribution is 2.10. The molecule has 1 amide bonds. The molecule has 0 heterocycles. The molecule has 0 spiro atoms. The SMILES string of the molecule is CCc1ccccc1CNC(=O)CCc1ccc(N)cc1. The molecule has 0 bridgehead atoms. The summed E-state index contributed by atoms with van der Waals surface area (Å²) in [7, 11) is 0. The second kappa shape index (κ2) is 7.48. The van der Waals surface area contributed by atoms with Crippen LogP contribution in [-0.2, 0) is 24.2 Å². The number of rotatable bonds is 6. The van der Waals surface area contributed by atoms with Crippen molar-refractivity contribution < 1.29 is 4.79 Å². The summed E-state index contributed by atoms with van der Waals surface area (Å²) in [5, 5.41) is 2.99. The summed E-state index contributed by atoms with van der Waals surface area (Å²) < 4.78 is 0. The summed E-state index contributed by atoms with van der Waals surface area (Å²) in [5.74, 6) is 0.0812. The average Bonchev–Trinajstić information content (AvgIpc) is 2.52. The van der Waals surface area contributed by atoms with Crippen LogP contribution in [0, 0.1) is 0 Å². The minimum atomic E-state index is 0.0812. The van der Waals surface area contributed by atoms with E-state index in [-0.39, 0.29) is 5.91 Å². The zero-order valence-corrected chi connectivity index (χ0v) is 12.4. The third-order valence-electron chi connectivity index (χ3n) is 3.60. The zero-order chi connectivity index (χ0) is 15.1. The lowest BCUT2D eigenvalue weighted by Gasteiger charge is -2.09. The van der Waals surface area contributed by atoms with Crippen molar-refractivity contribution in [2.75, 3.05) is 5.73 Å². The van der Waals surface area contributed by atoms with Crippen molar-refractivity contribution in [3.05, 3.63) is 65.2 Å². The molecule has 21 heavy (non-hydrogen) atoms. The Morgan fingerprint density at radius 1 is 1.05 bits per heavy atom. The molecule has 0 unspecified atom stereocenters. The van der Waals surface area contributed by atoms with Crippen LogP contribution in [0.1, 0.15) is 30.0 Å². The van der Waals surface area contributed by atoms with Crippen molar-refractivity contribution in [2.45, 2.75) is 32.7 Å². The summed E-state index contributed by atoms with van der Waals surface area (Å²) in [6.45, 7) is 2.73. The van der Waals surface area contributed by atoms with E-state index in [4.69, 9.17) is 5.73 Å². The maximum Gasteiger partial charge on any atom is 0.220 e. The second-order valence-electron chi connectivity index (χ2n) is 5.14. The Morgan fingerprint density at radius 2 is 1.71 bits per heavy atom. The molecular formula is C18H22N2O. The van der Waals surface area contributed by atoms with Gasteiger partial charge < -0.3 is 11.1 Å². The average molecular weight is 282 g/mol. The molecule has 0 saturated heterocycles. The molecule has 0 saturated carbocycles. The van der Waals surface area contributed by atoms with Crippen molar-refractivity contribution in [3.8, 4) is 0 Å². The van der Waals surface area contributed by atoms with Crippen LogP contribution >= 0.6 is 0 Å². The van der Waals surface area contributed by atoms with Crippen molar-refractivity contribution in [1.82, 2.24) is 5.32 Å². The Hall–Kier alpha value is -2.29. The molecule has 110 valence electrons. The van der Waals surface area contributed by atoms with Gasteiger partial charge in [-0.25, -0.2) is 0 Å². The van der Waals surface area contributed by atoms with Gasteiger partial charge in [-0.3, -0.25) is 4.79 Å². The molecule has 0 aromatic heterocycles. The minimum absolute atomic E-state index is 0.0812. The summed E-state index contributed by atoms with van der Waals surface area (Å²) in [6.07, 6.45) is 2.22. The predicted octanol–water partition coefficient (Wildman–Crippen LogP) is 3.08. The first-order valence-electron chi connectivity index (χ1n) is 7.37. The maximum atomic E-state index is 11.9. The summed E-state index contributed by atoms with van der Waals surface area (Å²) >= 11 is 0. The summed E-state index contributed by atoms with van der Waals surface area (Å²) in [4.78, 5) is 11.9. The van der Waals surface area contributed by atoms with Gasteiger partial charge in [0.2, 0.25) is 5.91 Å². The molecule has 3 nitrogen and oxygen atoms in total. The Morgan fingerprint density at radius 3 is 2.38 bits per heavy atom. The smallest absolute Gasteiger partial charge is 0.220 e. The number of benzene rings is 2. The molecule has 0 aliphatic carbocycles. The monoisotopic (exact) mass is 282 g/mol. The standard InChI is InChI=1S/C18H22N2O/c1-2-15-5-3-4-6-16(15)13-20-18(21)12-9-14-7-10-17(19)11-8-14/h3-8,10-11H,2,9,12-13,19H2,1H3,(H,20,21). The van der Waals surface area contributed by atoms with E-state index >= 15 is 0 Å². The molecule has 2 aromatic rings. The van der Waals surface area contributed by atoms with Gasteiger partial charge in [-0.2, -0.15) is 0 Å². The van der Waals surface area contributed by atoms with E-state index < -0.39 is 0 Å². The van der Waals surface area contributed by atoms with Crippen LogP contribution in [-0.4, -0.2) is 5.91 Å². The highest BCUT2D eigenvalue weighted by Gasteiger charge is 2.04. The Balaban J connectivity index is 1.81. The molecule has 3 heteroatoms. The van der Waals surface area contributed by atoms with E-state index in [1.165, 1.54) is 11.1 Å². The highest BCUT2D eigenvalue weighted by atomic mass is 16.1. The van der Waals surface area contributed by atoms with Crippen LogP contribution in [0.2, 0.25) is 0 Å². The number of amides is 1. The van der Waals surface area contributed by atoms with Gasteiger partial charge in [-0.1, -0.05) is 43.3 Å². The fraction of sp³-hybridized carbons (Fsp3) is 0.278. The Bertz CT molecular complexity index is 590. The van der Waals surface area contributed by atoms with Gasteiger partial charge in [-0.15, -0.1) is 0 Å². The molecule has 0 aliphatic heterocycles. The lowest BCUT2D eigenvalue weighted by atomic mass is 10.1. The van der Waals surface area contributed by atoms with Gasteiger partial charge in [0.25, 0.3) is 0 Å². The normalized spacial score (nSPS) is 10.3. The maximum absolute atomic E-state index is 11.9. The molecule has 0 atom stereocenters. The van der Waals surface area contributed by atoms with E-state index in [2.05, 4.69) is 24.4 Å². The number of nitrogens with two attached hydrogens (primary N) is 1. The number of carbonyl (C=O) groups is 1. The number of carbonyl (C=O) groups excluding carboxylic acids is 1. The Labute approximate surface area is 126 Å². The van der Waals surface area contributed by atoms with Crippen molar-refractivity contribution in [1.29, 1.82) is 0 Å². The van der Waals surface area contributed by atoms with Crippen molar-refractivity contribution in [3.63, 3.8) is 0 Å². The second-order valence-corrected chi connectivity index (χ2v) is 5.14. The van der Waals surface area contributed by atoms with Gasteiger partial charge in [0.1, 0.15) is 0 Å². The molecular weight excluding hydrogens is 260 g/mol. The topological polar surface area (TPSA) is 55.1 Å². The van der Waals surface area contributed by atoms with Crippen LogP contribution in [0.3, 0.4) is 0 Å². The van der Waals surface area contributed by atoms with E-state index in [1.54, 1.807) is 0 Å². The number of nitrogen functional groups attached to an aromatic ring is 1. The molecule has 0 aliphatic rings. The van der Waals surface area contributed by atoms with Crippen LogP contribution < -0.4 is 11.1 Å². The lowest BCUT2D eigenvalue weighted by molar-refractivity contribution is -0.121. The van der Waals surface area contributed by atoms with Crippen LogP contribution in [0.5, 0.6) is 0 Å². The zero-order valence-electron chi connectivity index (χ0n) is 12.4. The number of hydrogen-bond acceptors (Lipinski definition) is 2. The first-order chi connectivity index (χ1) is 10.2. The minimum Gasteiger partial charge on any atom is -0.399 e. The van der Waals surface area contributed by atoms with E-state index in [9.17, 15) is 4.79 Å². The van der Waals surface area contributed by atoms with Crippen LogP contribution in [0.4, 0.5) is 5.69 Å². The fourth-order valence-corrected chi connectivity index (χ4v) is 2.30. The Kier molecular flexibility index (Phi) is 5.38. The van der Waals surface area contributed by atoms with Gasteiger partial charge >= 0.3 is 0 Å². The number of aryl methyl sites for hydroxylation is 2. The van der Waals surface area contributed by atoms with E-state index in [1.807, 2.05) is 36.4 Å². The van der Waals surface area contributed by atoms with Gasteiger partial charge in [0.05, 0.1) is 0 Å². The number of nitrogens with one attached hydrogen (secondary N) is 1. The summed E-state index contributed by atoms with van der Waals surface area (Å²) in [6, 6.07) is 15.9. The van der Waals surface area contributed by atoms with Crippen molar-refractivity contribution >= 4 is 11.6 Å². The van der Waals surface area contributed by atoms with Crippen molar-refractivity contribution in [2.24, 2.45) is 0 Å². The van der Waals surface area contributed by atoms with Crippen LogP contribution in [0.15, 0.2) is 48.5 Å². The first-order valence-corrected chi connectivity index (χ1v) is 7.37. The lowest BCUT2D eigenvalue weighted by Crippen LogP contribution is -2.23. The van der Waals surface area contributed by atoms with E-state index in [0.717, 1.165) is 24.1 Å². The van der Waals surface area contributed by atoms with Crippen LogP contribution in [0.25, 0.3) is 0 Å². The molecule has 2 aromatic carbocycles. The largest absolute Gasteiger partial charge is 0.399 e. The first kappa shape index (κ1) is 15.1. The van der Waals surface area contributed by atoms with E-state index in [0.29, 0.717) is 13.0 Å². The summed E-state index contributed by atoms with van der Waals surface area (Å²) in [5.41, 5.74) is 10.0. The van der Waals surface area contributed by atoms with Gasteiger partial charge in [-0.05, 0) is 41.7 Å². The third-order valence-corrected chi connectivity index (χ3v) is 3.60. The van der Waals surface area contributed by atoms with Gasteiger partial charge in [0, 0.05) is 18.7 Å². The predicted molar refractivity (Wildman–Crippen MR) is 86.8 cm³/mol. The molecule has 0 radical (unpaired) electrons. The quantitative estimate of drug-likeness (QED) is 0.800. The molecule has 2 rings (SSSR count). The third kappa shape index (κ3) is 4.63. The van der Waals surface area contributed by atoms with Gasteiger partial charge in [0.15, 0.2) is 0 Å². The molecule has 3 N–H and O–H groups in total. The highest BCUT2D eigenvalue weighted by molar-refractivity contribution is 5.76. The number of hydrogen-bond donors (Lipinski definition) is 2.